The fourth-order valence-electron chi connectivity index (χ4n) is 2.33. The van der Waals surface area contributed by atoms with Crippen molar-refractivity contribution >= 4 is 5.97 Å². The van der Waals surface area contributed by atoms with Crippen LogP contribution in [-0.4, -0.2) is 36.0 Å². The molecule has 0 atom stereocenters. The van der Waals surface area contributed by atoms with Gasteiger partial charge in [-0.25, -0.2) is 9.78 Å². The molecule has 0 aliphatic heterocycles. The fourth-order valence-corrected chi connectivity index (χ4v) is 2.33. The van der Waals surface area contributed by atoms with E-state index >= 15 is 0 Å². The van der Waals surface area contributed by atoms with E-state index in [0.717, 1.165) is 17.8 Å². The van der Waals surface area contributed by atoms with E-state index in [-0.39, 0.29) is 18.1 Å². The van der Waals surface area contributed by atoms with Crippen LogP contribution in [0.1, 0.15) is 16.1 Å². The van der Waals surface area contributed by atoms with Gasteiger partial charge in [0, 0.05) is 23.9 Å². The number of carbonyl (C=O) groups is 1. The molecule has 7 nitrogen and oxygen atoms in total. The topological polar surface area (TPSA) is 83.7 Å². The van der Waals surface area contributed by atoms with Gasteiger partial charge in [-0.15, -0.1) is 0 Å². The zero-order valence-electron chi connectivity index (χ0n) is 15.1. The zero-order valence-corrected chi connectivity index (χ0v) is 15.1. The lowest BCUT2D eigenvalue weighted by atomic mass is 10.1. The number of alkyl halides is 3. The maximum Gasteiger partial charge on any atom is 0.422 e. The first-order valence-corrected chi connectivity index (χ1v) is 8.27. The molecular weight excluding hydrogens is 393 g/mol. The lowest BCUT2D eigenvalue weighted by Gasteiger charge is -2.08. The van der Waals surface area contributed by atoms with E-state index in [1.54, 1.807) is 18.2 Å². The van der Waals surface area contributed by atoms with Crippen LogP contribution in [-0.2, 0) is 11.3 Å². The summed E-state index contributed by atoms with van der Waals surface area (Å²) in [6.45, 7) is -1.66. The Morgan fingerprint density at radius 1 is 1.17 bits per heavy atom. The number of esters is 1. The van der Waals surface area contributed by atoms with Crippen molar-refractivity contribution < 1.29 is 36.7 Å². The van der Waals surface area contributed by atoms with E-state index in [2.05, 4.69) is 14.9 Å². The molecule has 0 radical (unpaired) electrons. The molecule has 10 heteroatoms. The number of hydrogen-bond donors (Lipinski definition) is 0. The summed E-state index contributed by atoms with van der Waals surface area (Å²) in [6, 6.07) is 11.2. The number of ether oxygens (including phenoxy) is 3. The largest absolute Gasteiger partial charge is 0.496 e. The third-order valence-electron chi connectivity index (χ3n) is 3.64. The smallest absolute Gasteiger partial charge is 0.422 e. The summed E-state index contributed by atoms with van der Waals surface area (Å²) in [5, 5.41) is 3.93. The molecule has 0 bridgehead atoms. The van der Waals surface area contributed by atoms with Crippen LogP contribution in [0, 0.1) is 0 Å². The Labute approximate surface area is 163 Å². The van der Waals surface area contributed by atoms with Crippen LogP contribution in [0.5, 0.6) is 11.6 Å². The van der Waals surface area contributed by atoms with Gasteiger partial charge >= 0.3 is 12.1 Å². The van der Waals surface area contributed by atoms with Gasteiger partial charge in [-0.05, 0) is 18.2 Å². The van der Waals surface area contributed by atoms with E-state index in [4.69, 9.17) is 14.0 Å². The minimum atomic E-state index is -4.47. The summed E-state index contributed by atoms with van der Waals surface area (Å²) in [5.74, 6) is -0.0636. The van der Waals surface area contributed by atoms with E-state index in [0.29, 0.717) is 17.2 Å². The van der Waals surface area contributed by atoms with Gasteiger partial charge in [0.05, 0.1) is 12.7 Å². The van der Waals surface area contributed by atoms with Gasteiger partial charge in [-0.1, -0.05) is 17.3 Å². The van der Waals surface area contributed by atoms with E-state index in [1.807, 2.05) is 12.1 Å². The summed E-state index contributed by atoms with van der Waals surface area (Å²) in [4.78, 5) is 15.7. The number of methoxy groups -OCH3 is 1. The molecule has 2 heterocycles. The molecule has 3 rings (SSSR count). The number of nitrogens with zero attached hydrogens (tertiary/aromatic N) is 2. The molecule has 3 aromatic rings. The molecule has 0 fully saturated rings. The predicted octanol–water partition coefficient (Wildman–Crippen LogP) is 4.04. The van der Waals surface area contributed by atoms with Crippen molar-refractivity contribution in [1.29, 1.82) is 0 Å². The summed E-state index contributed by atoms with van der Waals surface area (Å²) in [6.07, 6.45) is -3.41. The zero-order chi connectivity index (χ0) is 20.9. The van der Waals surface area contributed by atoms with Crippen molar-refractivity contribution in [2.45, 2.75) is 12.8 Å². The molecule has 152 valence electrons. The number of halogens is 3. The second-order valence-electron chi connectivity index (χ2n) is 5.74. The number of pyridine rings is 1. The standard InChI is InChI=1S/C19H15F3N2O5/c1-26-16-5-3-2-4-14(16)15-8-13(29-24-15)10-27-18(25)12-6-7-17(23-9-12)28-11-19(20,21)22/h2-9H,10-11H2,1H3. The van der Waals surface area contributed by atoms with Gasteiger partial charge < -0.3 is 18.7 Å². The van der Waals surface area contributed by atoms with Crippen LogP contribution in [0.4, 0.5) is 13.2 Å². The normalized spacial score (nSPS) is 11.2. The Hall–Kier alpha value is -3.56. The Morgan fingerprint density at radius 3 is 2.66 bits per heavy atom. The van der Waals surface area contributed by atoms with Crippen molar-refractivity contribution in [3.8, 4) is 22.9 Å². The van der Waals surface area contributed by atoms with Gasteiger partial charge in [0.15, 0.2) is 19.0 Å². The SMILES string of the molecule is COc1ccccc1-c1cc(COC(=O)c2ccc(OCC(F)(F)F)nc2)on1. The Kier molecular flexibility index (Phi) is 6.01. The summed E-state index contributed by atoms with van der Waals surface area (Å²) >= 11 is 0. The number of rotatable bonds is 7. The molecule has 0 unspecified atom stereocenters. The van der Waals surface area contributed by atoms with Crippen LogP contribution in [0.2, 0.25) is 0 Å². The molecule has 0 saturated carbocycles. The van der Waals surface area contributed by atoms with Crippen molar-refractivity contribution in [1.82, 2.24) is 10.1 Å². The van der Waals surface area contributed by atoms with Crippen LogP contribution in [0.3, 0.4) is 0 Å². The Bertz CT molecular complexity index is 970. The van der Waals surface area contributed by atoms with Crippen molar-refractivity contribution in [2.75, 3.05) is 13.7 Å². The Morgan fingerprint density at radius 2 is 1.97 bits per heavy atom. The molecule has 29 heavy (non-hydrogen) atoms. The lowest BCUT2D eigenvalue weighted by molar-refractivity contribution is -0.154. The maximum absolute atomic E-state index is 12.1. The lowest BCUT2D eigenvalue weighted by Crippen LogP contribution is -2.19. The molecule has 0 aliphatic rings. The number of carbonyl (C=O) groups excluding carboxylic acids is 1. The van der Waals surface area contributed by atoms with Crippen LogP contribution >= 0.6 is 0 Å². The quantitative estimate of drug-likeness (QED) is 0.546. The average molecular weight is 408 g/mol. The van der Waals surface area contributed by atoms with E-state index < -0.39 is 18.8 Å². The second kappa shape index (κ2) is 8.63. The van der Waals surface area contributed by atoms with Gasteiger partial charge in [-0.2, -0.15) is 13.2 Å². The van der Waals surface area contributed by atoms with Crippen molar-refractivity contribution in [3.05, 3.63) is 60.0 Å². The highest BCUT2D eigenvalue weighted by Crippen LogP contribution is 2.29. The highest BCUT2D eigenvalue weighted by Gasteiger charge is 2.28. The van der Waals surface area contributed by atoms with Crippen molar-refractivity contribution in [3.63, 3.8) is 0 Å². The van der Waals surface area contributed by atoms with Gasteiger partial charge in [0.25, 0.3) is 0 Å². The monoisotopic (exact) mass is 408 g/mol. The number of benzene rings is 1. The molecule has 0 spiro atoms. The third kappa shape index (κ3) is 5.47. The highest BCUT2D eigenvalue weighted by molar-refractivity contribution is 5.89. The van der Waals surface area contributed by atoms with E-state index in [9.17, 15) is 18.0 Å². The van der Waals surface area contributed by atoms with Crippen LogP contribution in [0.25, 0.3) is 11.3 Å². The predicted molar refractivity (Wildman–Crippen MR) is 93.4 cm³/mol. The molecule has 0 N–H and O–H groups in total. The van der Waals surface area contributed by atoms with Crippen molar-refractivity contribution in [2.24, 2.45) is 0 Å². The number of para-hydroxylation sites is 1. The second-order valence-corrected chi connectivity index (χ2v) is 5.74. The minimum absolute atomic E-state index is 0.0498. The van der Waals surface area contributed by atoms with E-state index in [1.165, 1.54) is 13.2 Å². The summed E-state index contributed by atoms with van der Waals surface area (Å²) in [5.41, 5.74) is 1.28. The summed E-state index contributed by atoms with van der Waals surface area (Å²) < 4.78 is 56.4. The molecule has 1 aromatic carbocycles. The molecular formula is C19H15F3N2O5. The Balaban J connectivity index is 1.58. The fraction of sp³-hybridized carbons (Fsp3) is 0.211. The first-order chi connectivity index (χ1) is 13.9. The minimum Gasteiger partial charge on any atom is -0.496 e. The molecule has 2 aromatic heterocycles. The average Bonchev–Trinajstić information content (AvgIpc) is 3.19. The highest BCUT2D eigenvalue weighted by atomic mass is 19.4. The van der Waals surface area contributed by atoms with Crippen LogP contribution in [0.15, 0.2) is 53.2 Å². The first-order valence-electron chi connectivity index (χ1n) is 8.27. The number of hydrogen-bond acceptors (Lipinski definition) is 7. The van der Waals surface area contributed by atoms with Gasteiger partial charge in [-0.3, -0.25) is 0 Å². The van der Waals surface area contributed by atoms with Gasteiger partial charge in [0.2, 0.25) is 5.88 Å². The molecule has 0 saturated heterocycles. The molecule has 0 amide bonds. The van der Waals surface area contributed by atoms with Crippen LogP contribution < -0.4 is 9.47 Å². The summed E-state index contributed by atoms with van der Waals surface area (Å²) in [7, 11) is 1.54. The third-order valence-corrected chi connectivity index (χ3v) is 3.64. The first kappa shape index (κ1) is 20.2. The molecule has 0 aliphatic carbocycles. The maximum atomic E-state index is 12.1. The van der Waals surface area contributed by atoms with Gasteiger partial charge in [0.1, 0.15) is 11.4 Å². The number of aromatic nitrogens is 2.